The van der Waals surface area contributed by atoms with E-state index in [0.717, 1.165) is 16.9 Å². The van der Waals surface area contributed by atoms with Crippen molar-refractivity contribution < 1.29 is 4.79 Å². The molecule has 4 N–H and O–H groups in total. The smallest absolute Gasteiger partial charge is 0.251 e. The summed E-state index contributed by atoms with van der Waals surface area (Å²) in [6.07, 6.45) is 3.03. The van der Waals surface area contributed by atoms with Crippen LogP contribution < -0.4 is 11.5 Å². The van der Waals surface area contributed by atoms with Crippen LogP contribution >= 0.6 is 0 Å². The van der Waals surface area contributed by atoms with Crippen LogP contribution in [0.3, 0.4) is 0 Å². The number of nitrogen functional groups attached to an aromatic ring is 1. The Kier molecular flexibility index (Phi) is 2.36. The van der Waals surface area contributed by atoms with E-state index in [2.05, 4.69) is 5.10 Å². The third-order valence-electron chi connectivity index (χ3n) is 2.39. The summed E-state index contributed by atoms with van der Waals surface area (Å²) < 4.78 is 1.59. The predicted octanol–water partition coefficient (Wildman–Crippen LogP) is 0.862. The van der Waals surface area contributed by atoms with Gasteiger partial charge in [0, 0.05) is 11.9 Å². The first-order valence-electron chi connectivity index (χ1n) is 4.79. The minimum Gasteiger partial charge on any atom is -0.399 e. The van der Waals surface area contributed by atoms with Crippen LogP contribution in [-0.2, 0) is 0 Å². The average molecular weight is 216 g/mol. The molecule has 0 aliphatic rings. The van der Waals surface area contributed by atoms with Crippen molar-refractivity contribution in [1.82, 2.24) is 9.78 Å². The zero-order valence-corrected chi connectivity index (χ0v) is 8.84. The molecular weight excluding hydrogens is 204 g/mol. The molecular formula is C11H12N4O. The van der Waals surface area contributed by atoms with Crippen molar-refractivity contribution in [2.45, 2.75) is 6.92 Å². The van der Waals surface area contributed by atoms with Crippen molar-refractivity contribution in [3.8, 4) is 5.69 Å². The number of nitrogens with zero attached hydrogens (tertiary/aromatic N) is 2. The predicted molar refractivity (Wildman–Crippen MR) is 61.2 cm³/mol. The van der Waals surface area contributed by atoms with E-state index in [4.69, 9.17) is 11.5 Å². The SMILES string of the molecule is Cc1cc(-n2cc(C(N)=O)cn2)ccc1N. The Hall–Kier alpha value is -2.30. The Morgan fingerprint density at radius 1 is 1.44 bits per heavy atom. The van der Waals surface area contributed by atoms with E-state index < -0.39 is 5.91 Å². The van der Waals surface area contributed by atoms with Gasteiger partial charge in [-0.25, -0.2) is 4.68 Å². The van der Waals surface area contributed by atoms with Gasteiger partial charge in [-0.05, 0) is 30.7 Å². The van der Waals surface area contributed by atoms with Gasteiger partial charge < -0.3 is 11.5 Å². The highest BCUT2D eigenvalue weighted by Gasteiger charge is 2.05. The molecule has 0 aliphatic heterocycles. The fourth-order valence-electron chi connectivity index (χ4n) is 1.39. The molecule has 0 bridgehead atoms. The molecule has 5 heteroatoms. The summed E-state index contributed by atoms with van der Waals surface area (Å²) in [6.45, 7) is 1.91. The Labute approximate surface area is 92.7 Å². The van der Waals surface area contributed by atoms with Gasteiger partial charge in [0.1, 0.15) is 0 Å². The minimum absolute atomic E-state index is 0.384. The van der Waals surface area contributed by atoms with E-state index >= 15 is 0 Å². The van der Waals surface area contributed by atoms with Crippen LogP contribution in [0.4, 0.5) is 5.69 Å². The number of aryl methyl sites for hydroxylation is 1. The molecule has 2 rings (SSSR count). The normalized spacial score (nSPS) is 10.3. The molecule has 0 atom stereocenters. The fraction of sp³-hybridized carbons (Fsp3) is 0.0909. The molecule has 2 aromatic rings. The molecule has 1 aromatic carbocycles. The number of hydrogen-bond donors (Lipinski definition) is 2. The second-order valence-electron chi connectivity index (χ2n) is 3.58. The number of primary amides is 1. The molecule has 0 unspecified atom stereocenters. The number of amides is 1. The maximum absolute atomic E-state index is 10.9. The van der Waals surface area contributed by atoms with E-state index in [1.807, 2.05) is 19.1 Å². The summed E-state index contributed by atoms with van der Waals surface area (Å²) in [7, 11) is 0. The quantitative estimate of drug-likeness (QED) is 0.730. The molecule has 0 aliphatic carbocycles. The highest BCUT2D eigenvalue weighted by molar-refractivity contribution is 5.92. The van der Waals surface area contributed by atoms with Crippen molar-refractivity contribution in [3.05, 3.63) is 41.7 Å². The number of nitrogens with two attached hydrogens (primary N) is 2. The summed E-state index contributed by atoms with van der Waals surface area (Å²) in [6, 6.07) is 5.53. The molecule has 1 aromatic heterocycles. The van der Waals surface area contributed by atoms with E-state index in [-0.39, 0.29) is 0 Å². The number of aromatic nitrogens is 2. The van der Waals surface area contributed by atoms with E-state index in [1.165, 1.54) is 6.20 Å². The van der Waals surface area contributed by atoms with Gasteiger partial charge in [0.05, 0.1) is 17.4 Å². The van der Waals surface area contributed by atoms with Crippen molar-refractivity contribution >= 4 is 11.6 Å². The highest BCUT2D eigenvalue weighted by atomic mass is 16.1. The highest BCUT2D eigenvalue weighted by Crippen LogP contribution is 2.15. The lowest BCUT2D eigenvalue weighted by Gasteiger charge is -2.04. The molecule has 0 saturated heterocycles. The lowest BCUT2D eigenvalue weighted by molar-refractivity contribution is 0.100. The van der Waals surface area contributed by atoms with Gasteiger partial charge in [0.15, 0.2) is 0 Å². The Morgan fingerprint density at radius 3 is 2.75 bits per heavy atom. The minimum atomic E-state index is -0.488. The monoisotopic (exact) mass is 216 g/mol. The zero-order valence-electron chi connectivity index (χ0n) is 8.84. The lowest BCUT2D eigenvalue weighted by atomic mass is 10.2. The number of hydrogen-bond acceptors (Lipinski definition) is 3. The molecule has 5 nitrogen and oxygen atoms in total. The molecule has 0 radical (unpaired) electrons. The lowest BCUT2D eigenvalue weighted by Crippen LogP contribution is -2.09. The number of anilines is 1. The number of carbonyl (C=O) groups is 1. The maximum atomic E-state index is 10.9. The van der Waals surface area contributed by atoms with Gasteiger partial charge in [-0.15, -0.1) is 0 Å². The molecule has 1 heterocycles. The molecule has 0 fully saturated rings. The molecule has 16 heavy (non-hydrogen) atoms. The first-order chi connectivity index (χ1) is 7.58. The van der Waals surface area contributed by atoms with Crippen molar-refractivity contribution in [2.24, 2.45) is 5.73 Å². The average Bonchev–Trinajstić information content (AvgIpc) is 2.71. The second kappa shape index (κ2) is 3.69. The third kappa shape index (κ3) is 1.75. The van der Waals surface area contributed by atoms with Crippen LogP contribution in [0, 0.1) is 6.92 Å². The van der Waals surface area contributed by atoms with Crippen LogP contribution in [0.2, 0.25) is 0 Å². The molecule has 0 saturated carbocycles. The van der Waals surface area contributed by atoms with Gasteiger partial charge in [0.25, 0.3) is 5.91 Å². The first-order valence-corrected chi connectivity index (χ1v) is 4.79. The van der Waals surface area contributed by atoms with Crippen LogP contribution in [0.5, 0.6) is 0 Å². The maximum Gasteiger partial charge on any atom is 0.251 e. The molecule has 82 valence electrons. The van der Waals surface area contributed by atoms with E-state index in [1.54, 1.807) is 16.9 Å². The Morgan fingerprint density at radius 2 is 2.19 bits per heavy atom. The summed E-state index contributed by atoms with van der Waals surface area (Å²) in [5.74, 6) is -0.488. The number of carbonyl (C=O) groups excluding carboxylic acids is 1. The number of rotatable bonds is 2. The standard InChI is InChI=1S/C11H12N4O/c1-7-4-9(2-3-10(7)12)15-6-8(5-14-15)11(13)16/h2-6H,12H2,1H3,(H2,13,16). The van der Waals surface area contributed by atoms with Crippen molar-refractivity contribution in [2.75, 3.05) is 5.73 Å². The van der Waals surface area contributed by atoms with Crippen LogP contribution in [0.1, 0.15) is 15.9 Å². The van der Waals surface area contributed by atoms with Crippen LogP contribution in [0.25, 0.3) is 5.69 Å². The summed E-state index contributed by atoms with van der Waals surface area (Å²) in [5.41, 5.74) is 13.8. The van der Waals surface area contributed by atoms with Crippen molar-refractivity contribution in [3.63, 3.8) is 0 Å². The topological polar surface area (TPSA) is 86.9 Å². The zero-order chi connectivity index (χ0) is 11.7. The summed E-state index contributed by atoms with van der Waals surface area (Å²) in [5, 5.41) is 4.05. The first kappa shape index (κ1) is 10.2. The fourth-order valence-corrected chi connectivity index (χ4v) is 1.39. The van der Waals surface area contributed by atoms with Crippen molar-refractivity contribution in [1.29, 1.82) is 0 Å². The Bertz CT molecular complexity index is 545. The largest absolute Gasteiger partial charge is 0.399 e. The van der Waals surface area contributed by atoms with Crippen LogP contribution in [-0.4, -0.2) is 15.7 Å². The van der Waals surface area contributed by atoms with Gasteiger partial charge in [-0.1, -0.05) is 0 Å². The molecule has 0 spiro atoms. The van der Waals surface area contributed by atoms with E-state index in [9.17, 15) is 4.79 Å². The third-order valence-corrected chi connectivity index (χ3v) is 2.39. The molecule has 1 amide bonds. The van der Waals surface area contributed by atoms with Gasteiger partial charge >= 0.3 is 0 Å². The Balaban J connectivity index is 2.42. The summed E-state index contributed by atoms with van der Waals surface area (Å²) >= 11 is 0. The number of benzene rings is 1. The second-order valence-corrected chi connectivity index (χ2v) is 3.58. The van der Waals surface area contributed by atoms with E-state index in [0.29, 0.717) is 5.56 Å². The van der Waals surface area contributed by atoms with Crippen LogP contribution in [0.15, 0.2) is 30.6 Å². The van der Waals surface area contributed by atoms with Gasteiger partial charge in [-0.3, -0.25) is 4.79 Å². The van der Waals surface area contributed by atoms with Gasteiger partial charge in [0.2, 0.25) is 0 Å². The van der Waals surface area contributed by atoms with Gasteiger partial charge in [-0.2, -0.15) is 5.10 Å². The summed E-state index contributed by atoms with van der Waals surface area (Å²) in [4.78, 5) is 10.9.